The summed E-state index contributed by atoms with van der Waals surface area (Å²) in [5.74, 6) is -0.540. The van der Waals surface area contributed by atoms with E-state index in [0.29, 0.717) is 27.7 Å². The van der Waals surface area contributed by atoms with Crippen LogP contribution in [0.4, 0.5) is 16.2 Å². The van der Waals surface area contributed by atoms with E-state index in [0.717, 1.165) is 73.6 Å². The average Bonchev–Trinajstić information content (AvgIpc) is 3.79. The standard InChI is InChI=1S/C36H41N3O5S2/c1-3-5-6-7-8-12-20-37-34(42)32(46-36(37)43)35-38(23-31(40)44-4-2)33(41)30(45-35)22-24-18-19-29-27(21-24)26-16-13-17-28(26)39(29)25-14-10-9-11-15-25/h9-11,14-15,18-19,21-22,26,28H,3-8,12-13,16-17,20,23H2,1-2H3. The Morgan fingerprint density at radius 3 is 2.54 bits per heavy atom. The third-order valence-electron chi connectivity index (χ3n) is 9.13. The van der Waals surface area contributed by atoms with Gasteiger partial charge in [0, 0.05) is 29.9 Å². The largest absolute Gasteiger partial charge is 0.465 e. The fraction of sp³-hybridized carbons (Fsp3) is 0.444. The van der Waals surface area contributed by atoms with Crippen LogP contribution in [-0.4, -0.2) is 45.8 Å². The van der Waals surface area contributed by atoms with Crippen molar-refractivity contribution < 1.29 is 19.1 Å². The maximum absolute atomic E-state index is 13.8. The van der Waals surface area contributed by atoms with E-state index in [2.05, 4.69) is 48.2 Å². The van der Waals surface area contributed by atoms with Crippen LogP contribution in [-0.2, 0) is 20.9 Å². The third kappa shape index (κ3) is 6.47. The average molecular weight is 660 g/mol. The van der Waals surface area contributed by atoms with Crippen molar-refractivity contribution in [2.45, 2.75) is 90.1 Å². The number of fused-ring (bicyclic) bond motifs is 3. The maximum Gasteiger partial charge on any atom is 0.326 e. The Kier molecular flexibility index (Phi) is 10.1. The second-order valence-corrected chi connectivity index (χ2v) is 14.2. The van der Waals surface area contributed by atoms with E-state index >= 15 is 0 Å². The summed E-state index contributed by atoms with van der Waals surface area (Å²) in [6, 6.07) is 17.3. The van der Waals surface area contributed by atoms with Crippen molar-refractivity contribution in [1.82, 2.24) is 9.47 Å². The zero-order chi connectivity index (χ0) is 32.2. The molecule has 0 spiro atoms. The Hall–Kier alpha value is -3.63. The lowest BCUT2D eigenvalue weighted by molar-refractivity contribution is -0.143. The second-order valence-electron chi connectivity index (χ2n) is 12.2. The van der Waals surface area contributed by atoms with Gasteiger partial charge in [0.25, 0.3) is 16.7 Å². The summed E-state index contributed by atoms with van der Waals surface area (Å²) >= 11 is 2.00. The highest BCUT2D eigenvalue weighted by Crippen LogP contribution is 2.52. The lowest BCUT2D eigenvalue weighted by atomic mass is 9.96. The maximum atomic E-state index is 13.8. The molecule has 2 atom stereocenters. The van der Waals surface area contributed by atoms with Crippen molar-refractivity contribution in [3.63, 3.8) is 0 Å². The molecule has 2 fully saturated rings. The summed E-state index contributed by atoms with van der Waals surface area (Å²) < 4.78 is 7.19. The minimum atomic E-state index is -0.563. The molecule has 1 saturated heterocycles. The van der Waals surface area contributed by atoms with Crippen LogP contribution in [0.25, 0.3) is 11.0 Å². The number of aromatic nitrogens is 1. The summed E-state index contributed by atoms with van der Waals surface area (Å²) in [6.45, 7) is 4.08. The molecule has 1 aromatic heterocycles. The van der Waals surface area contributed by atoms with Gasteiger partial charge >= 0.3 is 5.97 Å². The van der Waals surface area contributed by atoms with E-state index < -0.39 is 11.9 Å². The van der Waals surface area contributed by atoms with Gasteiger partial charge in [-0.05, 0) is 79.4 Å². The molecule has 242 valence electrons. The van der Waals surface area contributed by atoms with Gasteiger partial charge in [-0.25, -0.2) is 0 Å². The molecule has 2 unspecified atom stereocenters. The molecule has 0 radical (unpaired) electrons. The minimum Gasteiger partial charge on any atom is -0.465 e. The Morgan fingerprint density at radius 2 is 1.76 bits per heavy atom. The number of unbranched alkanes of at least 4 members (excludes halogenated alkanes) is 5. The van der Waals surface area contributed by atoms with Crippen LogP contribution in [0.3, 0.4) is 0 Å². The fourth-order valence-electron chi connectivity index (χ4n) is 6.98. The molecule has 3 aromatic rings. The Morgan fingerprint density at radius 1 is 0.978 bits per heavy atom. The Labute approximate surface area is 277 Å². The molecule has 8 nitrogen and oxygen atoms in total. The van der Waals surface area contributed by atoms with Crippen molar-refractivity contribution in [2.75, 3.05) is 18.1 Å². The van der Waals surface area contributed by atoms with Crippen LogP contribution in [0.2, 0.25) is 0 Å². The van der Waals surface area contributed by atoms with Crippen LogP contribution in [0.15, 0.2) is 53.3 Å². The quantitative estimate of drug-likeness (QED) is 0.168. The molecule has 2 amide bonds. The molecule has 0 bridgehead atoms. The van der Waals surface area contributed by atoms with Crippen molar-refractivity contribution in [3.8, 4) is 0 Å². The number of ether oxygens (including phenoxy) is 1. The molecular weight excluding hydrogens is 619 g/mol. The highest BCUT2D eigenvalue weighted by molar-refractivity contribution is 8.23. The van der Waals surface area contributed by atoms with Gasteiger partial charge in [-0.15, -0.1) is 11.3 Å². The molecule has 1 aliphatic carbocycles. The number of rotatable bonds is 12. The Balaban J connectivity index is 1.35. The van der Waals surface area contributed by atoms with E-state index in [1.54, 1.807) is 6.92 Å². The molecule has 2 aliphatic heterocycles. The third-order valence-corrected chi connectivity index (χ3v) is 11.4. The first-order valence-electron chi connectivity index (χ1n) is 16.5. The molecule has 3 heterocycles. The number of hydrogen-bond acceptors (Lipinski definition) is 8. The molecular formula is C36H41N3O5S2. The molecule has 6 rings (SSSR count). The number of carbonyl (C=O) groups excluding carboxylic acids is 3. The van der Waals surface area contributed by atoms with E-state index in [-0.39, 0.29) is 28.9 Å². The predicted octanol–water partition coefficient (Wildman–Crippen LogP) is 6.25. The van der Waals surface area contributed by atoms with Crippen molar-refractivity contribution in [3.05, 3.63) is 79.2 Å². The van der Waals surface area contributed by atoms with Gasteiger partial charge in [0.05, 0.1) is 11.1 Å². The zero-order valence-electron chi connectivity index (χ0n) is 26.5. The van der Waals surface area contributed by atoms with E-state index in [9.17, 15) is 19.2 Å². The number of thiazole rings is 1. The monoisotopic (exact) mass is 659 g/mol. The summed E-state index contributed by atoms with van der Waals surface area (Å²) in [5, 5.41) is -0.338. The molecule has 3 aliphatic rings. The number of para-hydroxylation sites is 1. The van der Waals surface area contributed by atoms with Gasteiger partial charge in [-0.2, -0.15) is 0 Å². The number of imide groups is 1. The van der Waals surface area contributed by atoms with Gasteiger partial charge in [0.1, 0.15) is 16.1 Å². The number of anilines is 2. The van der Waals surface area contributed by atoms with Crippen LogP contribution in [0, 0.1) is 0 Å². The first kappa shape index (κ1) is 32.3. The number of esters is 1. The van der Waals surface area contributed by atoms with Crippen molar-refractivity contribution in [2.24, 2.45) is 0 Å². The van der Waals surface area contributed by atoms with Gasteiger partial charge in [0.15, 0.2) is 0 Å². The zero-order valence-corrected chi connectivity index (χ0v) is 28.2. The van der Waals surface area contributed by atoms with Crippen molar-refractivity contribution >= 4 is 62.6 Å². The number of benzene rings is 2. The van der Waals surface area contributed by atoms with Gasteiger partial charge in [-0.3, -0.25) is 28.6 Å². The highest BCUT2D eigenvalue weighted by Gasteiger charge is 2.42. The lowest BCUT2D eigenvalue weighted by Gasteiger charge is -2.27. The summed E-state index contributed by atoms with van der Waals surface area (Å²) in [5.41, 5.74) is 4.20. The fourth-order valence-corrected chi connectivity index (χ4v) is 9.12. The highest BCUT2D eigenvalue weighted by atomic mass is 32.2. The lowest BCUT2D eigenvalue weighted by Crippen LogP contribution is -2.36. The SMILES string of the molecule is CCCCCCCCN1C(=O)SC(=c2sc(=Cc3ccc4c(c3)C3CCCC3N4c3ccccc3)c(=O)n2CC(=O)OCC)C1=O. The second kappa shape index (κ2) is 14.4. The Bertz CT molecular complexity index is 1800. The molecule has 2 aromatic carbocycles. The first-order chi connectivity index (χ1) is 22.4. The van der Waals surface area contributed by atoms with Gasteiger partial charge < -0.3 is 9.64 Å². The van der Waals surface area contributed by atoms with Crippen LogP contribution in [0.1, 0.15) is 88.7 Å². The first-order valence-corrected chi connectivity index (χ1v) is 18.2. The molecule has 1 saturated carbocycles. The predicted molar refractivity (Wildman–Crippen MR) is 185 cm³/mol. The van der Waals surface area contributed by atoms with E-state index in [1.165, 1.54) is 39.2 Å². The molecule has 46 heavy (non-hydrogen) atoms. The molecule has 0 N–H and O–H groups in total. The normalized spacial score (nSPS) is 20.5. The topological polar surface area (TPSA) is 88.9 Å². The van der Waals surface area contributed by atoms with Crippen LogP contribution >= 0.6 is 23.1 Å². The van der Waals surface area contributed by atoms with Gasteiger partial charge in [0.2, 0.25) is 0 Å². The van der Waals surface area contributed by atoms with E-state index in [4.69, 9.17) is 4.74 Å². The molecule has 10 heteroatoms. The van der Waals surface area contributed by atoms with Gasteiger partial charge in [-0.1, -0.05) is 69.7 Å². The summed E-state index contributed by atoms with van der Waals surface area (Å²) in [4.78, 5) is 56.8. The number of carbonyl (C=O) groups is 3. The summed E-state index contributed by atoms with van der Waals surface area (Å²) in [7, 11) is 0. The van der Waals surface area contributed by atoms with Crippen molar-refractivity contribution in [1.29, 1.82) is 0 Å². The van der Waals surface area contributed by atoms with E-state index in [1.807, 2.05) is 18.2 Å². The van der Waals surface area contributed by atoms with Crippen LogP contribution < -0.4 is 19.7 Å². The van der Waals surface area contributed by atoms with Crippen LogP contribution in [0.5, 0.6) is 0 Å². The smallest absolute Gasteiger partial charge is 0.326 e. The minimum absolute atomic E-state index is 0.179. The number of amides is 2. The number of hydrogen-bond donors (Lipinski definition) is 0. The summed E-state index contributed by atoms with van der Waals surface area (Å²) in [6.07, 6.45) is 11.5. The number of nitrogens with zero attached hydrogens (tertiary/aromatic N) is 3. The number of thioether (sulfide) groups is 1.